The Kier molecular flexibility index (Phi) is 18.3. The second-order valence-electron chi connectivity index (χ2n) is 1.38. The third-order valence-electron chi connectivity index (χ3n) is 0.512. The maximum Gasteiger partial charge on any atom is 0.0838 e. The van der Waals surface area contributed by atoms with Crippen LogP contribution in [0.5, 0.6) is 0 Å². The standard InChI is InChI=1S/2C3H6N2/c2*1-5-3-2-4/h2*5H,3H2,1H3. The highest BCUT2D eigenvalue weighted by Gasteiger charge is 1.61. The van der Waals surface area contributed by atoms with E-state index in [9.17, 15) is 0 Å². The molecule has 0 rings (SSSR count). The minimum atomic E-state index is 0.444. The van der Waals surface area contributed by atoms with Crippen LogP contribution in [0.1, 0.15) is 0 Å². The van der Waals surface area contributed by atoms with Crippen molar-refractivity contribution in [2.45, 2.75) is 0 Å². The molecule has 0 unspecified atom stereocenters. The summed E-state index contributed by atoms with van der Waals surface area (Å²) in [5, 5.41) is 20.8. The van der Waals surface area contributed by atoms with Crippen LogP contribution in [0.4, 0.5) is 0 Å². The highest BCUT2D eigenvalue weighted by Crippen LogP contribution is 1.38. The highest BCUT2D eigenvalue weighted by atomic mass is 14.8. The molecule has 0 spiro atoms. The average molecular weight is 140 g/mol. The van der Waals surface area contributed by atoms with Crippen molar-refractivity contribution in [3.05, 3.63) is 0 Å². The van der Waals surface area contributed by atoms with Crippen LogP contribution in [0.3, 0.4) is 0 Å². The van der Waals surface area contributed by atoms with Gasteiger partial charge in [-0.3, -0.25) is 0 Å². The quantitative estimate of drug-likeness (QED) is 0.505. The molecular formula is C6H12N4. The van der Waals surface area contributed by atoms with Crippen molar-refractivity contribution < 1.29 is 0 Å². The number of nitrogens with one attached hydrogen (secondary N) is 2. The smallest absolute Gasteiger partial charge is 0.0838 e. The number of hydrogen-bond donors (Lipinski definition) is 2. The van der Waals surface area contributed by atoms with Gasteiger partial charge in [-0.05, 0) is 14.1 Å². The van der Waals surface area contributed by atoms with Crippen LogP contribution in [0.25, 0.3) is 0 Å². The summed E-state index contributed by atoms with van der Waals surface area (Å²) in [7, 11) is 3.48. The molecule has 0 fully saturated rings. The van der Waals surface area contributed by atoms with Crippen LogP contribution in [0.2, 0.25) is 0 Å². The van der Waals surface area contributed by atoms with E-state index < -0.39 is 0 Å². The summed E-state index contributed by atoms with van der Waals surface area (Å²) in [5.41, 5.74) is 0. The second-order valence-corrected chi connectivity index (χ2v) is 1.38. The first-order valence-electron chi connectivity index (χ1n) is 2.86. The Morgan fingerprint density at radius 2 is 1.30 bits per heavy atom. The van der Waals surface area contributed by atoms with Gasteiger partial charge in [-0.1, -0.05) is 0 Å². The van der Waals surface area contributed by atoms with E-state index in [1.54, 1.807) is 14.1 Å². The lowest BCUT2D eigenvalue weighted by atomic mass is 10.7. The fourth-order valence-corrected chi connectivity index (χ4v) is 0.158. The fraction of sp³-hybridized carbons (Fsp3) is 0.667. The molecule has 0 aliphatic heterocycles. The van der Waals surface area contributed by atoms with Crippen molar-refractivity contribution in [2.24, 2.45) is 0 Å². The largest absolute Gasteiger partial charge is 0.308 e. The van der Waals surface area contributed by atoms with Gasteiger partial charge >= 0.3 is 0 Å². The Labute approximate surface area is 61.5 Å². The zero-order valence-corrected chi connectivity index (χ0v) is 6.31. The Hall–Kier alpha value is -1.10. The molecule has 4 nitrogen and oxygen atoms in total. The molecule has 4 heteroatoms. The molecule has 2 N–H and O–H groups in total. The van der Waals surface area contributed by atoms with Crippen molar-refractivity contribution in [3.63, 3.8) is 0 Å². The zero-order chi connectivity index (χ0) is 8.24. The van der Waals surface area contributed by atoms with Gasteiger partial charge in [0.15, 0.2) is 0 Å². The predicted molar refractivity (Wildman–Crippen MR) is 39.1 cm³/mol. The van der Waals surface area contributed by atoms with Crippen LogP contribution in [-0.4, -0.2) is 27.2 Å². The van der Waals surface area contributed by atoms with E-state index in [4.69, 9.17) is 10.5 Å². The van der Waals surface area contributed by atoms with Crippen molar-refractivity contribution >= 4 is 0 Å². The molecule has 0 aromatic carbocycles. The summed E-state index contributed by atoms with van der Waals surface area (Å²) < 4.78 is 0. The molecule has 0 bridgehead atoms. The van der Waals surface area contributed by atoms with Crippen molar-refractivity contribution in [1.29, 1.82) is 10.5 Å². The molecule has 0 aliphatic rings. The summed E-state index contributed by atoms with van der Waals surface area (Å²) in [6.07, 6.45) is 0. The summed E-state index contributed by atoms with van der Waals surface area (Å²) in [4.78, 5) is 0. The van der Waals surface area contributed by atoms with Crippen LogP contribution in [-0.2, 0) is 0 Å². The van der Waals surface area contributed by atoms with Gasteiger partial charge < -0.3 is 10.6 Å². The fourth-order valence-electron chi connectivity index (χ4n) is 0.158. The number of nitriles is 2. The Bertz CT molecular complexity index is 103. The average Bonchev–Trinajstić information content (AvgIpc) is 1.93. The normalized spacial score (nSPS) is 6.40. The van der Waals surface area contributed by atoms with E-state index in [0.717, 1.165) is 0 Å². The zero-order valence-electron chi connectivity index (χ0n) is 6.31. The van der Waals surface area contributed by atoms with Gasteiger partial charge in [0.1, 0.15) is 0 Å². The van der Waals surface area contributed by atoms with Gasteiger partial charge in [0.2, 0.25) is 0 Å². The molecule has 56 valence electrons. The lowest BCUT2D eigenvalue weighted by molar-refractivity contribution is 0.928. The first kappa shape index (κ1) is 11.7. The Morgan fingerprint density at radius 3 is 1.30 bits per heavy atom. The number of nitrogens with zero attached hydrogens (tertiary/aromatic N) is 2. The minimum Gasteiger partial charge on any atom is -0.308 e. The van der Waals surface area contributed by atoms with E-state index in [0.29, 0.717) is 13.1 Å². The van der Waals surface area contributed by atoms with Crippen LogP contribution in [0, 0.1) is 22.7 Å². The molecule has 0 heterocycles. The molecule has 0 amide bonds. The summed E-state index contributed by atoms with van der Waals surface area (Å²) in [6.45, 7) is 0.889. The van der Waals surface area contributed by atoms with Gasteiger partial charge in [0.25, 0.3) is 0 Å². The molecule has 0 saturated heterocycles. The van der Waals surface area contributed by atoms with Crippen LogP contribution >= 0.6 is 0 Å². The first-order valence-corrected chi connectivity index (χ1v) is 2.86. The van der Waals surface area contributed by atoms with Crippen molar-refractivity contribution in [3.8, 4) is 12.1 Å². The highest BCUT2D eigenvalue weighted by molar-refractivity contribution is 4.70. The second kappa shape index (κ2) is 15.7. The number of hydrogen-bond acceptors (Lipinski definition) is 4. The minimum absolute atomic E-state index is 0.444. The van der Waals surface area contributed by atoms with E-state index in [-0.39, 0.29) is 0 Å². The third kappa shape index (κ3) is 28.6. The van der Waals surface area contributed by atoms with Gasteiger partial charge in [-0.15, -0.1) is 0 Å². The van der Waals surface area contributed by atoms with Gasteiger partial charge in [0.05, 0.1) is 25.2 Å². The summed E-state index contributed by atoms with van der Waals surface area (Å²) in [5.74, 6) is 0. The molecule has 10 heavy (non-hydrogen) atoms. The molecule has 0 radical (unpaired) electrons. The Morgan fingerprint density at radius 1 is 1.00 bits per heavy atom. The van der Waals surface area contributed by atoms with E-state index in [1.807, 2.05) is 12.1 Å². The van der Waals surface area contributed by atoms with Crippen LogP contribution in [0.15, 0.2) is 0 Å². The van der Waals surface area contributed by atoms with Crippen molar-refractivity contribution in [2.75, 3.05) is 27.2 Å². The number of rotatable bonds is 2. The Balaban J connectivity index is 0. The maximum atomic E-state index is 7.75. The van der Waals surface area contributed by atoms with Gasteiger partial charge in [0, 0.05) is 0 Å². The topological polar surface area (TPSA) is 71.6 Å². The molecule has 0 atom stereocenters. The van der Waals surface area contributed by atoms with E-state index in [2.05, 4.69) is 10.6 Å². The predicted octanol–water partition coefficient (Wildman–Crippen LogP) is -0.541. The monoisotopic (exact) mass is 140 g/mol. The summed E-state index contributed by atoms with van der Waals surface area (Å²) in [6, 6.07) is 3.81. The first-order chi connectivity index (χ1) is 4.83. The third-order valence-corrected chi connectivity index (χ3v) is 0.512. The van der Waals surface area contributed by atoms with E-state index >= 15 is 0 Å². The molecule has 0 aromatic heterocycles. The van der Waals surface area contributed by atoms with Crippen molar-refractivity contribution in [1.82, 2.24) is 10.6 Å². The SMILES string of the molecule is CNCC#N.CNCC#N. The molecule has 0 saturated carbocycles. The molecular weight excluding hydrogens is 128 g/mol. The molecule has 0 aliphatic carbocycles. The maximum absolute atomic E-state index is 7.75. The van der Waals surface area contributed by atoms with Gasteiger partial charge in [-0.2, -0.15) is 10.5 Å². The summed E-state index contributed by atoms with van der Waals surface area (Å²) >= 11 is 0. The lowest BCUT2D eigenvalue weighted by Crippen LogP contribution is -2.03. The lowest BCUT2D eigenvalue weighted by Gasteiger charge is -1.73. The van der Waals surface area contributed by atoms with Gasteiger partial charge in [-0.25, -0.2) is 0 Å². The van der Waals surface area contributed by atoms with E-state index in [1.165, 1.54) is 0 Å². The molecule has 0 aromatic rings. The van der Waals surface area contributed by atoms with Crippen LogP contribution < -0.4 is 10.6 Å².